The average molecular weight is 305 g/mol. The van der Waals surface area contributed by atoms with E-state index in [-0.39, 0.29) is 5.91 Å². The molecule has 0 saturated carbocycles. The highest BCUT2D eigenvalue weighted by Crippen LogP contribution is 2.17. The van der Waals surface area contributed by atoms with E-state index in [1.54, 1.807) is 19.2 Å². The summed E-state index contributed by atoms with van der Waals surface area (Å²) in [5.41, 5.74) is 0.967. The molecule has 0 aliphatic carbocycles. The minimum atomic E-state index is -0.436. The number of rotatable bonds is 5. The molecule has 0 atom stereocenters. The number of amides is 1. The summed E-state index contributed by atoms with van der Waals surface area (Å²) in [5.74, 6) is 0.117. The van der Waals surface area contributed by atoms with Crippen LogP contribution in [0, 0.1) is 0 Å². The maximum absolute atomic E-state index is 12.0. The van der Waals surface area contributed by atoms with Gasteiger partial charge in [-0.2, -0.15) is 0 Å². The molecule has 0 aliphatic heterocycles. The number of benzene rings is 1. The first kappa shape index (κ1) is 15.1. The highest BCUT2D eigenvalue weighted by Gasteiger charge is 2.13. The van der Waals surface area contributed by atoms with E-state index in [0.29, 0.717) is 16.3 Å². The molecule has 0 fully saturated rings. The van der Waals surface area contributed by atoms with Crippen molar-refractivity contribution >= 4 is 23.2 Å². The zero-order valence-corrected chi connectivity index (χ0v) is 12.5. The van der Waals surface area contributed by atoms with Gasteiger partial charge in [-0.25, -0.2) is 4.79 Å². The van der Waals surface area contributed by atoms with Crippen molar-refractivity contribution in [1.29, 1.82) is 0 Å². The number of thiophene rings is 1. The number of esters is 1. The van der Waals surface area contributed by atoms with Gasteiger partial charge in [0, 0.05) is 6.54 Å². The Labute approximate surface area is 126 Å². The monoisotopic (exact) mass is 305 g/mol. The highest BCUT2D eigenvalue weighted by molar-refractivity contribution is 7.15. The van der Waals surface area contributed by atoms with Crippen LogP contribution in [0.15, 0.2) is 36.4 Å². The fourth-order valence-corrected chi connectivity index (χ4v) is 2.52. The molecule has 0 bridgehead atoms. The maximum atomic E-state index is 12.0. The summed E-state index contributed by atoms with van der Waals surface area (Å²) >= 11 is 1.11. The molecule has 0 spiro atoms. The molecular weight excluding hydrogens is 290 g/mol. The van der Waals surface area contributed by atoms with Crippen LogP contribution in [-0.2, 0) is 11.3 Å². The van der Waals surface area contributed by atoms with Crippen LogP contribution < -0.4 is 10.1 Å². The molecule has 1 amide bonds. The summed E-state index contributed by atoms with van der Waals surface area (Å²) in [6.07, 6.45) is 0. The number of ether oxygens (including phenoxy) is 2. The first-order chi connectivity index (χ1) is 10.1. The third-order valence-corrected chi connectivity index (χ3v) is 3.89. The van der Waals surface area contributed by atoms with Crippen LogP contribution in [0.4, 0.5) is 0 Å². The van der Waals surface area contributed by atoms with Gasteiger partial charge in [-0.1, -0.05) is 12.1 Å². The van der Waals surface area contributed by atoms with Crippen LogP contribution in [0.3, 0.4) is 0 Å². The van der Waals surface area contributed by atoms with Crippen molar-refractivity contribution in [3.8, 4) is 5.75 Å². The fraction of sp³-hybridized carbons (Fsp3) is 0.200. The van der Waals surface area contributed by atoms with Crippen LogP contribution in [0.25, 0.3) is 0 Å². The number of carbonyl (C=O) groups is 2. The highest BCUT2D eigenvalue weighted by atomic mass is 32.1. The number of nitrogens with one attached hydrogen (secondary N) is 1. The number of methoxy groups -OCH3 is 2. The summed E-state index contributed by atoms with van der Waals surface area (Å²) in [6, 6.07) is 10.6. The second-order valence-electron chi connectivity index (χ2n) is 4.19. The quantitative estimate of drug-likeness (QED) is 0.862. The normalized spacial score (nSPS) is 10.0. The molecule has 1 aromatic carbocycles. The summed E-state index contributed by atoms with van der Waals surface area (Å²) in [7, 11) is 2.91. The first-order valence-corrected chi connectivity index (χ1v) is 7.05. The predicted octanol–water partition coefficient (Wildman–Crippen LogP) is 2.47. The topological polar surface area (TPSA) is 64.6 Å². The van der Waals surface area contributed by atoms with E-state index in [9.17, 15) is 9.59 Å². The first-order valence-electron chi connectivity index (χ1n) is 6.23. The van der Waals surface area contributed by atoms with Gasteiger partial charge in [0.1, 0.15) is 10.6 Å². The molecule has 0 aliphatic rings. The molecule has 1 heterocycles. The lowest BCUT2D eigenvalue weighted by Gasteiger charge is -2.05. The lowest BCUT2D eigenvalue weighted by atomic mass is 10.2. The minimum Gasteiger partial charge on any atom is -0.497 e. The van der Waals surface area contributed by atoms with E-state index in [0.717, 1.165) is 22.6 Å². The Kier molecular flexibility index (Phi) is 4.94. The SMILES string of the molecule is COC(=O)c1ccc(C(=O)NCc2ccc(OC)cc2)s1. The zero-order valence-electron chi connectivity index (χ0n) is 11.7. The van der Waals surface area contributed by atoms with E-state index in [4.69, 9.17) is 4.74 Å². The van der Waals surface area contributed by atoms with Crippen molar-refractivity contribution in [2.45, 2.75) is 6.54 Å². The maximum Gasteiger partial charge on any atom is 0.348 e. The van der Waals surface area contributed by atoms with Crippen molar-refractivity contribution < 1.29 is 19.1 Å². The van der Waals surface area contributed by atoms with Gasteiger partial charge in [-0.3, -0.25) is 4.79 Å². The van der Waals surface area contributed by atoms with Crippen molar-refractivity contribution in [3.05, 3.63) is 51.7 Å². The van der Waals surface area contributed by atoms with Gasteiger partial charge in [-0.05, 0) is 29.8 Å². The van der Waals surface area contributed by atoms with Crippen LogP contribution >= 0.6 is 11.3 Å². The molecule has 0 unspecified atom stereocenters. The molecule has 2 rings (SSSR count). The van der Waals surface area contributed by atoms with Crippen molar-refractivity contribution in [1.82, 2.24) is 5.32 Å². The molecule has 2 aromatic rings. The summed E-state index contributed by atoms with van der Waals surface area (Å²) in [5, 5.41) is 2.80. The lowest BCUT2D eigenvalue weighted by Crippen LogP contribution is -2.21. The Morgan fingerprint density at radius 2 is 1.71 bits per heavy atom. The standard InChI is InChI=1S/C15H15NO4S/c1-19-11-5-3-10(4-6-11)9-16-14(17)12-7-8-13(21-12)15(18)20-2/h3-8H,9H2,1-2H3,(H,16,17). The third-order valence-electron chi connectivity index (χ3n) is 2.83. The van der Waals surface area contributed by atoms with E-state index in [2.05, 4.69) is 10.1 Å². The number of hydrogen-bond donors (Lipinski definition) is 1. The largest absolute Gasteiger partial charge is 0.497 e. The third kappa shape index (κ3) is 3.82. The zero-order chi connectivity index (χ0) is 15.2. The average Bonchev–Trinajstić information content (AvgIpc) is 3.02. The van der Waals surface area contributed by atoms with Crippen molar-refractivity contribution in [2.75, 3.05) is 14.2 Å². The molecule has 0 radical (unpaired) electrons. The van der Waals surface area contributed by atoms with Gasteiger partial charge in [0.2, 0.25) is 0 Å². The smallest absolute Gasteiger partial charge is 0.348 e. The van der Waals surface area contributed by atoms with Crippen LogP contribution in [0.1, 0.15) is 24.9 Å². The van der Waals surface area contributed by atoms with E-state index < -0.39 is 5.97 Å². The summed E-state index contributed by atoms with van der Waals surface area (Å²) in [4.78, 5) is 24.2. The van der Waals surface area contributed by atoms with Crippen LogP contribution in [0.5, 0.6) is 5.75 Å². The lowest BCUT2D eigenvalue weighted by molar-refractivity contribution is 0.0606. The van der Waals surface area contributed by atoms with Crippen LogP contribution in [0.2, 0.25) is 0 Å². The van der Waals surface area contributed by atoms with E-state index >= 15 is 0 Å². The van der Waals surface area contributed by atoms with Crippen LogP contribution in [-0.4, -0.2) is 26.1 Å². The van der Waals surface area contributed by atoms with Gasteiger partial charge in [0.25, 0.3) is 5.91 Å². The fourth-order valence-electron chi connectivity index (χ4n) is 1.68. The number of carbonyl (C=O) groups excluding carboxylic acids is 2. The Hall–Kier alpha value is -2.34. The van der Waals surface area contributed by atoms with Gasteiger partial charge in [-0.15, -0.1) is 11.3 Å². The molecule has 1 N–H and O–H groups in total. The van der Waals surface area contributed by atoms with Gasteiger partial charge in [0.05, 0.1) is 19.1 Å². The van der Waals surface area contributed by atoms with Crippen molar-refractivity contribution in [2.24, 2.45) is 0 Å². The molecule has 0 saturated heterocycles. The Morgan fingerprint density at radius 1 is 1.05 bits per heavy atom. The molecular formula is C15H15NO4S. The van der Waals surface area contributed by atoms with E-state index in [1.165, 1.54) is 7.11 Å². The minimum absolute atomic E-state index is 0.217. The molecule has 6 heteroatoms. The summed E-state index contributed by atoms with van der Waals surface area (Å²) in [6.45, 7) is 0.411. The van der Waals surface area contributed by atoms with Gasteiger partial charge < -0.3 is 14.8 Å². The molecule has 5 nitrogen and oxygen atoms in total. The molecule has 1 aromatic heterocycles. The van der Waals surface area contributed by atoms with Gasteiger partial charge >= 0.3 is 5.97 Å². The molecule has 110 valence electrons. The summed E-state index contributed by atoms with van der Waals surface area (Å²) < 4.78 is 9.68. The number of hydrogen-bond acceptors (Lipinski definition) is 5. The van der Waals surface area contributed by atoms with E-state index in [1.807, 2.05) is 24.3 Å². The Balaban J connectivity index is 1.94. The van der Waals surface area contributed by atoms with Gasteiger partial charge in [0.15, 0.2) is 0 Å². The predicted molar refractivity (Wildman–Crippen MR) is 79.8 cm³/mol. The Morgan fingerprint density at radius 3 is 2.33 bits per heavy atom. The molecule has 21 heavy (non-hydrogen) atoms. The second-order valence-corrected chi connectivity index (χ2v) is 5.27. The van der Waals surface area contributed by atoms with Crippen molar-refractivity contribution in [3.63, 3.8) is 0 Å². The Bertz CT molecular complexity index is 633. The second kappa shape index (κ2) is 6.90.